The molecule has 2 heterocycles. The molecule has 0 atom stereocenters. The molecular formula is C17H10N2O4S2. The minimum absolute atomic E-state index is 0.000284. The SMILES string of the molecule is O=C(OCc1nc2ccccc2s1)c1cc2cc([N+](=O)[O-])ccc2s1. The smallest absolute Gasteiger partial charge is 0.348 e. The molecule has 124 valence electrons. The van der Waals surface area contributed by atoms with E-state index in [2.05, 4.69) is 4.98 Å². The number of hydrogen-bond donors (Lipinski definition) is 0. The third kappa shape index (κ3) is 3.09. The number of aromatic nitrogens is 1. The van der Waals surface area contributed by atoms with Gasteiger partial charge >= 0.3 is 5.97 Å². The zero-order valence-electron chi connectivity index (χ0n) is 12.7. The van der Waals surface area contributed by atoms with Gasteiger partial charge in [-0.15, -0.1) is 22.7 Å². The lowest BCUT2D eigenvalue weighted by Gasteiger charge is -1.99. The summed E-state index contributed by atoms with van der Waals surface area (Å²) in [4.78, 5) is 27.5. The molecule has 2 aromatic heterocycles. The molecule has 6 nitrogen and oxygen atoms in total. The lowest BCUT2D eigenvalue weighted by molar-refractivity contribution is -0.384. The Balaban J connectivity index is 1.52. The Kier molecular flexibility index (Phi) is 3.90. The third-order valence-corrected chi connectivity index (χ3v) is 5.68. The number of non-ortho nitro benzene ring substituents is 1. The number of nitro groups is 1. The number of nitro benzene ring substituents is 1. The van der Waals surface area contributed by atoms with Crippen LogP contribution in [0.1, 0.15) is 14.7 Å². The summed E-state index contributed by atoms with van der Waals surface area (Å²) in [7, 11) is 0. The number of carbonyl (C=O) groups is 1. The fraction of sp³-hybridized carbons (Fsp3) is 0.0588. The van der Waals surface area contributed by atoms with Crippen LogP contribution in [0.2, 0.25) is 0 Å². The van der Waals surface area contributed by atoms with Gasteiger partial charge in [0, 0.05) is 22.2 Å². The van der Waals surface area contributed by atoms with E-state index in [0.29, 0.717) is 10.3 Å². The van der Waals surface area contributed by atoms with Crippen LogP contribution in [0.15, 0.2) is 48.5 Å². The quantitative estimate of drug-likeness (QED) is 0.293. The van der Waals surface area contributed by atoms with Gasteiger partial charge in [0.05, 0.1) is 15.1 Å². The highest BCUT2D eigenvalue weighted by molar-refractivity contribution is 7.20. The molecule has 0 fully saturated rings. The van der Waals surface area contributed by atoms with E-state index in [9.17, 15) is 14.9 Å². The molecule has 0 bridgehead atoms. The molecule has 4 rings (SSSR count). The number of esters is 1. The Bertz CT molecular complexity index is 1080. The van der Waals surface area contributed by atoms with E-state index in [0.717, 1.165) is 19.9 Å². The van der Waals surface area contributed by atoms with Crippen LogP contribution in [-0.2, 0) is 11.3 Å². The average molecular weight is 370 g/mol. The number of carbonyl (C=O) groups excluding carboxylic acids is 1. The molecule has 0 aliphatic rings. The molecule has 0 N–H and O–H groups in total. The molecule has 2 aromatic carbocycles. The van der Waals surface area contributed by atoms with Crippen LogP contribution in [0, 0.1) is 10.1 Å². The first-order valence-electron chi connectivity index (χ1n) is 7.30. The summed E-state index contributed by atoms with van der Waals surface area (Å²) < 4.78 is 7.18. The van der Waals surface area contributed by atoms with E-state index in [1.54, 1.807) is 12.1 Å². The van der Waals surface area contributed by atoms with Crippen LogP contribution in [0.3, 0.4) is 0 Å². The van der Waals surface area contributed by atoms with E-state index in [-0.39, 0.29) is 12.3 Å². The highest BCUT2D eigenvalue weighted by Crippen LogP contribution is 2.30. The number of para-hydroxylation sites is 1. The average Bonchev–Trinajstić information content (AvgIpc) is 3.22. The van der Waals surface area contributed by atoms with Crippen molar-refractivity contribution in [2.45, 2.75) is 6.61 Å². The summed E-state index contributed by atoms with van der Waals surface area (Å²) in [6, 6.07) is 13.9. The Morgan fingerprint density at radius 2 is 1.96 bits per heavy atom. The highest BCUT2D eigenvalue weighted by atomic mass is 32.1. The predicted octanol–water partition coefficient (Wildman–Crippen LogP) is 4.78. The van der Waals surface area contributed by atoms with Gasteiger partial charge in [0.2, 0.25) is 0 Å². The molecule has 0 aliphatic carbocycles. The number of thiazole rings is 1. The maximum atomic E-state index is 12.3. The summed E-state index contributed by atoms with van der Waals surface area (Å²) in [6.07, 6.45) is 0. The molecule has 0 saturated heterocycles. The molecule has 0 radical (unpaired) electrons. The van der Waals surface area contributed by atoms with Gasteiger partial charge in [0.15, 0.2) is 0 Å². The van der Waals surface area contributed by atoms with Gasteiger partial charge in [-0.3, -0.25) is 10.1 Å². The maximum absolute atomic E-state index is 12.3. The van der Waals surface area contributed by atoms with Gasteiger partial charge in [-0.1, -0.05) is 12.1 Å². The molecule has 0 aliphatic heterocycles. The number of hydrogen-bond acceptors (Lipinski definition) is 7. The van der Waals surface area contributed by atoms with Crippen molar-refractivity contribution < 1.29 is 14.5 Å². The van der Waals surface area contributed by atoms with Crippen molar-refractivity contribution in [3.8, 4) is 0 Å². The first kappa shape index (κ1) is 15.7. The molecule has 25 heavy (non-hydrogen) atoms. The van der Waals surface area contributed by atoms with Gasteiger partial charge in [0.1, 0.15) is 16.5 Å². The van der Waals surface area contributed by atoms with Crippen molar-refractivity contribution in [2.75, 3.05) is 0 Å². The number of nitrogens with zero attached hydrogens (tertiary/aromatic N) is 2. The van der Waals surface area contributed by atoms with Crippen molar-refractivity contribution in [2.24, 2.45) is 0 Å². The minimum atomic E-state index is -0.456. The predicted molar refractivity (Wildman–Crippen MR) is 97.2 cm³/mol. The van der Waals surface area contributed by atoms with Crippen LogP contribution < -0.4 is 0 Å². The number of fused-ring (bicyclic) bond motifs is 2. The zero-order valence-corrected chi connectivity index (χ0v) is 14.3. The zero-order chi connectivity index (χ0) is 17.4. The first-order chi connectivity index (χ1) is 12.1. The summed E-state index contributed by atoms with van der Waals surface area (Å²) in [5.41, 5.74) is 0.882. The lowest BCUT2D eigenvalue weighted by atomic mass is 10.2. The van der Waals surface area contributed by atoms with Crippen molar-refractivity contribution in [1.29, 1.82) is 0 Å². The Morgan fingerprint density at radius 3 is 2.76 bits per heavy atom. The van der Waals surface area contributed by atoms with Gasteiger partial charge in [-0.05, 0) is 24.3 Å². The molecule has 4 aromatic rings. The second-order valence-electron chi connectivity index (χ2n) is 5.24. The first-order valence-corrected chi connectivity index (χ1v) is 8.93. The standard InChI is InChI=1S/C17H10N2O4S2/c20-17(23-9-16-18-12-3-1-2-4-14(12)25-16)15-8-10-7-11(19(21)22)5-6-13(10)24-15/h1-8H,9H2. The van der Waals surface area contributed by atoms with Crippen molar-refractivity contribution in [3.05, 3.63) is 68.5 Å². The van der Waals surface area contributed by atoms with Crippen LogP contribution in [-0.4, -0.2) is 15.9 Å². The van der Waals surface area contributed by atoms with Gasteiger partial charge < -0.3 is 4.74 Å². The van der Waals surface area contributed by atoms with Crippen LogP contribution in [0.5, 0.6) is 0 Å². The molecule has 0 amide bonds. The molecule has 8 heteroatoms. The Labute approximate surface area is 149 Å². The van der Waals surface area contributed by atoms with E-state index in [4.69, 9.17) is 4.74 Å². The topological polar surface area (TPSA) is 82.3 Å². The number of ether oxygens (including phenoxy) is 1. The molecular weight excluding hydrogens is 360 g/mol. The summed E-state index contributed by atoms with van der Waals surface area (Å²) in [6.45, 7) is 0.104. The van der Waals surface area contributed by atoms with E-state index >= 15 is 0 Å². The van der Waals surface area contributed by atoms with E-state index in [1.165, 1.54) is 34.8 Å². The van der Waals surface area contributed by atoms with E-state index in [1.807, 2.05) is 24.3 Å². The Hall–Kier alpha value is -2.84. The summed E-state index contributed by atoms with van der Waals surface area (Å²) in [5.74, 6) is -0.455. The second-order valence-corrected chi connectivity index (χ2v) is 7.44. The van der Waals surface area contributed by atoms with E-state index < -0.39 is 10.9 Å². The second kappa shape index (κ2) is 6.23. The summed E-state index contributed by atoms with van der Waals surface area (Å²) in [5, 5.41) is 12.2. The fourth-order valence-electron chi connectivity index (χ4n) is 2.42. The third-order valence-electron chi connectivity index (χ3n) is 3.58. The largest absolute Gasteiger partial charge is 0.454 e. The molecule has 0 saturated carbocycles. The van der Waals surface area contributed by atoms with Crippen molar-refractivity contribution in [3.63, 3.8) is 0 Å². The van der Waals surface area contributed by atoms with Gasteiger partial charge in [-0.2, -0.15) is 0 Å². The van der Waals surface area contributed by atoms with Crippen LogP contribution in [0.25, 0.3) is 20.3 Å². The van der Waals surface area contributed by atoms with Gasteiger partial charge in [-0.25, -0.2) is 9.78 Å². The number of benzene rings is 2. The summed E-state index contributed by atoms with van der Waals surface area (Å²) >= 11 is 2.74. The maximum Gasteiger partial charge on any atom is 0.348 e. The van der Waals surface area contributed by atoms with Crippen molar-refractivity contribution in [1.82, 2.24) is 4.98 Å². The molecule has 0 spiro atoms. The Morgan fingerprint density at radius 1 is 1.12 bits per heavy atom. The van der Waals surface area contributed by atoms with Crippen LogP contribution >= 0.6 is 22.7 Å². The number of rotatable bonds is 4. The highest BCUT2D eigenvalue weighted by Gasteiger charge is 2.15. The van der Waals surface area contributed by atoms with Crippen molar-refractivity contribution >= 4 is 54.6 Å². The lowest BCUT2D eigenvalue weighted by Crippen LogP contribution is -2.02. The normalized spacial score (nSPS) is 11.0. The molecule has 0 unspecified atom stereocenters. The fourth-order valence-corrected chi connectivity index (χ4v) is 4.24. The number of thiophene rings is 1. The van der Waals surface area contributed by atoms with Crippen LogP contribution in [0.4, 0.5) is 5.69 Å². The minimum Gasteiger partial charge on any atom is -0.454 e. The van der Waals surface area contributed by atoms with Gasteiger partial charge in [0.25, 0.3) is 5.69 Å². The monoisotopic (exact) mass is 370 g/mol.